The zero-order valence-corrected chi connectivity index (χ0v) is 8.22. The van der Waals surface area contributed by atoms with Crippen LogP contribution in [0.15, 0.2) is 58.4 Å². The van der Waals surface area contributed by atoms with Gasteiger partial charge in [-0.2, -0.15) is 4.74 Å². The summed E-state index contributed by atoms with van der Waals surface area (Å²) < 4.78 is 6.65. The van der Waals surface area contributed by atoms with Gasteiger partial charge in [0.1, 0.15) is 0 Å². The zero-order chi connectivity index (χ0) is 10.7. The maximum atomic E-state index is 11.4. The Kier molecular flexibility index (Phi) is 2.54. The van der Waals surface area contributed by atoms with Gasteiger partial charge in [0, 0.05) is 5.56 Å². The second-order valence-corrected chi connectivity index (χ2v) is 3.15. The van der Waals surface area contributed by atoms with Gasteiger partial charge in [-0.25, -0.2) is 0 Å². The lowest BCUT2D eigenvalue weighted by Gasteiger charge is -1.95. The van der Waals surface area contributed by atoms with Gasteiger partial charge in [-0.3, -0.25) is 4.79 Å². The second kappa shape index (κ2) is 4.00. The highest BCUT2D eigenvalue weighted by molar-refractivity contribution is 5.55. The monoisotopic (exact) mass is 201 g/mol. The molecule has 0 aliphatic rings. The number of benzene rings is 1. The van der Waals surface area contributed by atoms with E-state index >= 15 is 0 Å². The maximum absolute atomic E-state index is 11.4. The highest BCUT2D eigenvalue weighted by Gasteiger charge is 2.06. The van der Waals surface area contributed by atoms with Crippen LogP contribution in [-0.4, -0.2) is 4.74 Å². The molecule has 15 heavy (non-hydrogen) atoms. The predicted molar refractivity (Wildman–Crippen MR) is 58.6 cm³/mol. The normalized spacial score (nSPS) is 10.1. The van der Waals surface area contributed by atoms with Gasteiger partial charge in [-0.15, -0.1) is 6.58 Å². The van der Waals surface area contributed by atoms with Gasteiger partial charge < -0.3 is 4.52 Å². The van der Waals surface area contributed by atoms with Gasteiger partial charge in [0.15, 0.2) is 5.76 Å². The van der Waals surface area contributed by atoms with Gasteiger partial charge in [-0.1, -0.05) is 36.4 Å². The summed E-state index contributed by atoms with van der Waals surface area (Å²) in [5.41, 5.74) is 0.756. The smallest absolute Gasteiger partial charge is 0.283 e. The van der Waals surface area contributed by atoms with Crippen LogP contribution in [0.4, 0.5) is 0 Å². The summed E-state index contributed by atoms with van der Waals surface area (Å²) in [6, 6.07) is 11.0. The van der Waals surface area contributed by atoms with E-state index in [1.165, 1.54) is 10.8 Å². The Morgan fingerprint density at radius 2 is 2.07 bits per heavy atom. The Morgan fingerprint density at radius 3 is 2.73 bits per heavy atom. The van der Waals surface area contributed by atoms with Crippen molar-refractivity contribution >= 4 is 0 Å². The van der Waals surface area contributed by atoms with Crippen LogP contribution in [0.1, 0.15) is 0 Å². The molecule has 0 radical (unpaired) electrons. The first kappa shape index (κ1) is 9.52. The van der Waals surface area contributed by atoms with E-state index in [-0.39, 0.29) is 5.56 Å². The fraction of sp³-hybridized carbons (Fsp3) is 0.0833. The number of hydrogen-bond acceptors (Lipinski definition) is 2. The number of nitrogens with zero attached hydrogens (tertiary/aromatic N) is 1. The summed E-state index contributed by atoms with van der Waals surface area (Å²) in [7, 11) is 0. The summed E-state index contributed by atoms with van der Waals surface area (Å²) in [5.74, 6) is 0.586. The Hall–Kier alpha value is -2.03. The lowest BCUT2D eigenvalue weighted by molar-refractivity contribution is 0.289. The van der Waals surface area contributed by atoms with Crippen LogP contribution in [-0.2, 0) is 6.54 Å². The molecular formula is C12H11NO2. The van der Waals surface area contributed by atoms with Crippen molar-refractivity contribution in [2.24, 2.45) is 0 Å². The molecule has 0 unspecified atom stereocenters. The quantitative estimate of drug-likeness (QED) is 0.714. The molecule has 0 atom stereocenters. The molecule has 2 aromatic rings. The van der Waals surface area contributed by atoms with Crippen LogP contribution in [0.2, 0.25) is 0 Å². The van der Waals surface area contributed by atoms with Crippen LogP contribution >= 0.6 is 0 Å². The molecule has 0 bridgehead atoms. The van der Waals surface area contributed by atoms with E-state index in [0.717, 1.165) is 5.56 Å². The number of rotatable bonds is 3. The van der Waals surface area contributed by atoms with E-state index in [0.29, 0.717) is 12.3 Å². The molecule has 0 fully saturated rings. The Labute approximate surface area is 87.2 Å². The molecule has 0 N–H and O–H groups in total. The van der Waals surface area contributed by atoms with Crippen LogP contribution in [0.25, 0.3) is 11.3 Å². The summed E-state index contributed by atoms with van der Waals surface area (Å²) in [5, 5.41) is 0. The van der Waals surface area contributed by atoms with E-state index in [1.807, 2.05) is 30.3 Å². The standard InChI is InChI=1S/C12H11NO2/c1-2-8-13-12(14)9-11(15-13)10-6-4-3-5-7-10/h2-7,9H,1,8H2. The molecule has 0 amide bonds. The minimum Gasteiger partial charge on any atom is -0.375 e. The van der Waals surface area contributed by atoms with E-state index < -0.39 is 0 Å². The third-order valence-corrected chi connectivity index (χ3v) is 2.06. The first-order chi connectivity index (χ1) is 7.31. The van der Waals surface area contributed by atoms with Crippen LogP contribution in [0.3, 0.4) is 0 Å². The largest absolute Gasteiger partial charge is 0.375 e. The third-order valence-electron chi connectivity index (χ3n) is 2.06. The summed E-state index contributed by atoms with van der Waals surface area (Å²) in [4.78, 5) is 11.4. The molecule has 1 aromatic heterocycles. The Balaban J connectivity index is 2.43. The van der Waals surface area contributed by atoms with Crippen molar-refractivity contribution < 1.29 is 4.52 Å². The summed E-state index contributed by atoms with van der Waals surface area (Å²) >= 11 is 0. The van der Waals surface area contributed by atoms with Gasteiger partial charge in [-0.05, 0) is 0 Å². The van der Waals surface area contributed by atoms with Gasteiger partial charge in [0.25, 0.3) is 5.56 Å². The minimum atomic E-state index is -0.145. The minimum absolute atomic E-state index is 0.145. The van der Waals surface area contributed by atoms with Crippen molar-refractivity contribution in [1.29, 1.82) is 0 Å². The molecule has 1 heterocycles. The highest BCUT2D eigenvalue weighted by Crippen LogP contribution is 2.16. The molecular weight excluding hydrogens is 190 g/mol. The Bertz CT molecular complexity index is 508. The van der Waals surface area contributed by atoms with Crippen molar-refractivity contribution in [1.82, 2.24) is 4.74 Å². The number of allylic oxidation sites excluding steroid dienone is 1. The van der Waals surface area contributed by atoms with Gasteiger partial charge in [0.05, 0.1) is 12.6 Å². The molecule has 76 valence electrons. The molecule has 0 spiro atoms. The van der Waals surface area contributed by atoms with Crippen molar-refractivity contribution in [3.8, 4) is 11.3 Å². The molecule has 3 heteroatoms. The summed E-state index contributed by atoms with van der Waals surface area (Å²) in [6.07, 6.45) is 1.62. The van der Waals surface area contributed by atoms with Crippen LogP contribution < -0.4 is 5.56 Å². The molecule has 0 saturated carbocycles. The first-order valence-electron chi connectivity index (χ1n) is 4.69. The lowest BCUT2D eigenvalue weighted by Crippen LogP contribution is -2.11. The predicted octanol–water partition coefficient (Wildman–Crippen LogP) is 2.29. The van der Waals surface area contributed by atoms with E-state index in [4.69, 9.17) is 4.52 Å². The topological polar surface area (TPSA) is 35.1 Å². The fourth-order valence-corrected chi connectivity index (χ4v) is 1.36. The number of hydrogen-bond donors (Lipinski definition) is 0. The second-order valence-electron chi connectivity index (χ2n) is 3.15. The molecule has 0 saturated heterocycles. The maximum Gasteiger partial charge on any atom is 0.283 e. The van der Waals surface area contributed by atoms with Crippen molar-refractivity contribution in [2.45, 2.75) is 6.54 Å². The zero-order valence-electron chi connectivity index (χ0n) is 8.22. The molecule has 0 aliphatic carbocycles. The first-order valence-corrected chi connectivity index (χ1v) is 4.69. The van der Waals surface area contributed by atoms with E-state index in [1.54, 1.807) is 6.08 Å². The van der Waals surface area contributed by atoms with Gasteiger partial charge in [0.2, 0.25) is 0 Å². The molecule has 1 aromatic carbocycles. The molecule has 0 aliphatic heterocycles. The van der Waals surface area contributed by atoms with Crippen molar-refractivity contribution in [2.75, 3.05) is 0 Å². The lowest BCUT2D eigenvalue weighted by atomic mass is 10.2. The SMILES string of the molecule is C=CCn1oc(-c2ccccc2)cc1=O. The van der Waals surface area contributed by atoms with Crippen LogP contribution in [0, 0.1) is 0 Å². The average Bonchev–Trinajstić information content (AvgIpc) is 2.63. The highest BCUT2D eigenvalue weighted by atomic mass is 16.5. The average molecular weight is 201 g/mol. The molecule has 3 nitrogen and oxygen atoms in total. The third kappa shape index (κ3) is 1.91. The van der Waals surface area contributed by atoms with E-state index in [2.05, 4.69) is 6.58 Å². The Morgan fingerprint density at radius 1 is 1.33 bits per heavy atom. The summed E-state index contributed by atoms with van der Waals surface area (Å²) in [6.45, 7) is 3.95. The van der Waals surface area contributed by atoms with Crippen LogP contribution in [0.5, 0.6) is 0 Å². The van der Waals surface area contributed by atoms with Crippen molar-refractivity contribution in [3.05, 3.63) is 59.4 Å². The number of aromatic nitrogens is 1. The molecule has 2 rings (SSSR count). The van der Waals surface area contributed by atoms with E-state index in [9.17, 15) is 4.79 Å². The fourth-order valence-electron chi connectivity index (χ4n) is 1.36. The van der Waals surface area contributed by atoms with Crippen molar-refractivity contribution in [3.63, 3.8) is 0 Å². The van der Waals surface area contributed by atoms with Gasteiger partial charge >= 0.3 is 0 Å².